The molecule has 4 aromatic rings. The third kappa shape index (κ3) is 8.29. The topological polar surface area (TPSA) is 147 Å². The van der Waals surface area contributed by atoms with Crippen LogP contribution in [0.25, 0.3) is 17.0 Å². The van der Waals surface area contributed by atoms with Gasteiger partial charge in [0.05, 0.1) is 25.4 Å². The van der Waals surface area contributed by atoms with Gasteiger partial charge in [-0.2, -0.15) is 9.61 Å². The Morgan fingerprint density at radius 1 is 1.04 bits per heavy atom. The van der Waals surface area contributed by atoms with Crippen molar-refractivity contribution >= 4 is 29.5 Å². The summed E-state index contributed by atoms with van der Waals surface area (Å²) in [6.45, 7) is 11.5. The number of aliphatic hydroxyl groups is 1. The summed E-state index contributed by atoms with van der Waals surface area (Å²) in [5.74, 6) is 0.792. The summed E-state index contributed by atoms with van der Waals surface area (Å²) in [5.41, 5.74) is 0.845. The van der Waals surface area contributed by atoms with Gasteiger partial charge in [-0.25, -0.2) is 28.9 Å². The summed E-state index contributed by atoms with van der Waals surface area (Å²) in [6, 6.07) is 8.06. The number of nitrogens with one attached hydrogen (secondary N) is 1. The number of amides is 2. The molecular formula is C36H45FN8O5. The van der Waals surface area contributed by atoms with Crippen LogP contribution in [0.2, 0.25) is 0 Å². The van der Waals surface area contributed by atoms with Crippen molar-refractivity contribution in [2.24, 2.45) is 5.92 Å². The number of aromatic nitrogens is 5. The number of halogens is 1. The highest BCUT2D eigenvalue weighted by Gasteiger charge is 2.34. The van der Waals surface area contributed by atoms with Gasteiger partial charge in [-0.15, -0.1) is 0 Å². The third-order valence-corrected chi connectivity index (χ3v) is 8.51. The van der Waals surface area contributed by atoms with Gasteiger partial charge in [0.15, 0.2) is 11.5 Å². The lowest BCUT2D eigenvalue weighted by Gasteiger charge is -2.36. The number of likely N-dealkylation sites (tertiary alicyclic amines) is 1. The number of β-amino-alcohol motifs (C(OH)–C–C–N with tert-alkyl or cyclic N) is 1. The van der Waals surface area contributed by atoms with E-state index in [-0.39, 0.29) is 24.6 Å². The standard InChI is InChI=1S/C36H45FN8O5/c1-35(2,3)49-33(47)43-15-12-24(28(46)21-43)18-40-29-17-30(45-32(42-29)26(19-41-45)22-8-9-22)44(34(48)50-36(4,5)6)20-25-11-10-23(16-27(25)37)31-38-13-7-14-39-31/h7,10-11,13-14,16-17,19,22,24,28,46H,8-9,12,15,18,20-21H2,1-6H3,(H,40,42)/t24-,28+/m1/s1. The number of carbonyl (C=O) groups is 2. The molecule has 2 fully saturated rings. The fraction of sp³-hybridized carbons (Fsp3) is 0.500. The number of fused-ring (bicyclic) bond motifs is 1. The van der Waals surface area contributed by atoms with Crippen LogP contribution < -0.4 is 10.2 Å². The zero-order valence-corrected chi connectivity index (χ0v) is 29.4. The van der Waals surface area contributed by atoms with E-state index in [4.69, 9.17) is 14.5 Å². The Labute approximate surface area is 290 Å². The number of piperidine rings is 1. The molecule has 4 heterocycles. The molecule has 2 amide bonds. The molecule has 50 heavy (non-hydrogen) atoms. The highest BCUT2D eigenvalue weighted by atomic mass is 19.1. The Morgan fingerprint density at radius 2 is 1.76 bits per heavy atom. The Morgan fingerprint density at radius 3 is 2.40 bits per heavy atom. The van der Waals surface area contributed by atoms with Gasteiger partial charge in [0.25, 0.3) is 0 Å². The molecule has 2 atom stereocenters. The van der Waals surface area contributed by atoms with Crippen LogP contribution in [0.15, 0.2) is 48.9 Å². The first kappa shape index (κ1) is 35.0. The second-order valence-corrected chi connectivity index (χ2v) is 15.0. The Bertz CT molecular complexity index is 1850. The number of hydrogen-bond acceptors (Lipinski definition) is 10. The molecule has 1 aromatic carbocycles. The molecule has 0 bridgehead atoms. The fourth-order valence-electron chi connectivity index (χ4n) is 5.86. The van der Waals surface area contributed by atoms with Crippen molar-refractivity contribution in [2.45, 2.75) is 90.6 Å². The van der Waals surface area contributed by atoms with Crippen LogP contribution in [0.4, 0.5) is 25.6 Å². The lowest BCUT2D eigenvalue weighted by atomic mass is 9.94. The van der Waals surface area contributed by atoms with Crippen LogP contribution in [0.3, 0.4) is 0 Å². The molecule has 2 aliphatic rings. The molecule has 2 N–H and O–H groups in total. The number of ether oxygens (including phenoxy) is 2. The number of benzene rings is 1. The maximum atomic E-state index is 15.7. The van der Waals surface area contributed by atoms with E-state index >= 15 is 4.39 Å². The molecule has 1 saturated carbocycles. The predicted octanol–water partition coefficient (Wildman–Crippen LogP) is 6.17. The monoisotopic (exact) mass is 688 g/mol. The average Bonchev–Trinajstić information content (AvgIpc) is 3.80. The normalized spacial score (nSPS) is 18.2. The lowest BCUT2D eigenvalue weighted by molar-refractivity contribution is -0.0104. The Hall–Kier alpha value is -4.85. The van der Waals surface area contributed by atoms with Crippen LogP contribution >= 0.6 is 0 Å². The van der Waals surface area contributed by atoms with Crippen LogP contribution in [-0.4, -0.2) is 83.7 Å². The van der Waals surface area contributed by atoms with Crippen molar-refractivity contribution in [1.82, 2.24) is 29.5 Å². The molecule has 0 unspecified atom stereocenters. The van der Waals surface area contributed by atoms with E-state index in [1.165, 1.54) is 15.9 Å². The van der Waals surface area contributed by atoms with E-state index in [1.807, 2.05) is 20.8 Å². The number of hydrogen-bond donors (Lipinski definition) is 2. The van der Waals surface area contributed by atoms with E-state index in [0.29, 0.717) is 54.1 Å². The van der Waals surface area contributed by atoms with Crippen molar-refractivity contribution in [1.29, 1.82) is 0 Å². The summed E-state index contributed by atoms with van der Waals surface area (Å²) in [6.07, 6.45) is 5.61. The minimum atomic E-state index is -0.830. The van der Waals surface area contributed by atoms with Gasteiger partial charge < -0.3 is 24.8 Å². The van der Waals surface area contributed by atoms with E-state index in [2.05, 4.69) is 20.4 Å². The molecule has 0 radical (unpaired) electrons. The van der Waals surface area contributed by atoms with Crippen LogP contribution in [0.5, 0.6) is 0 Å². The van der Waals surface area contributed by atoms with Gasteiger partial charge in [-0.3, -0.25) is 4.90 Å². The fourth-order valence-corrected chi connectivity index (χ4v) is 5.86. The van der Waals surface area contributed by atoms with Gasteiger partial charge in [0, 0.05) is 54.2 Å². The maximum Gasteiger partial charge on any atom is 0.416 e. The largest absolute Gasteiger partial charge is 0.444 e. The Kier molecular flexibility index (Phi) is 9.67. The number of rotatable bonds is 8. The highest BCUT2D eigenvalue weighted by Crippen LogP contribution is 2.42. The predicted molar refractivity (Wildman–Crippen MR) is 185 cm³/mol. The van der Waals surface area contributed by atoms with Gasteiger partial charge in [0.1, 0.15) is 28.7 Å². The molecule has 13 nitrogen and oxygen atoms in total. The summed E-state index contributed by atoms with van der Waals surface area (Å²) < 4.78 is 28.6. The van der Waals surface area contributed by atoms with Crippen molar-refractivity contribution in [3.63, 3.8) is 0 Å². The molecule has 6 rings (SSSR count). The maximum absolute atomic E-state index is 15.7. The zero-order valence-electron chi connectivity index (χ0n) is 29.4. The molecule has 14 heteroatoms. The summed E-state index contributed by atoms with van der Waals surface area (Å²) in [4.78, 5) is 42.7. The second kappa shape index (κ2) is 13.8. The first-order chi connectivity index (χ1) is 23.6. The summed E-state index contributed by atoms with van der Waals surface area (Å²) >= 11 is 0. The third-order valence-electron chi connectivity index (χ3n) is 8.51. The van der Waals surface area contributed by atoms with Crippen LogP contribution in [0, 0.1) is 11.7 Å². The van der Waals surface area contributed by atoms with E-state index < -0.39 is 35.3 Å². The zero-order chi connectivity index (χ0) is 35.8. The summed E-state index contributed by atoms with van der Waals surface area (Å²) in [5, 5.41) is 19.0. The summed E-state index contributed by atoms with van der Waals surface area (Å²) in [7, 11) is 0. The number of aliphatic hydroxyl groups excluding tert-OH is 1. The number of carbonyl (C=O) groups excluding carboxylic acids is 2. The lowest BCUT2D eigenvalue weighted by Crippen LogP contribution is -2.49. The molecule has 3 aromatic heterocycles. The van der Waals surface area contributed by atoms with Crippen LogP contribution in [0.1, 0.15) is 77.8 Å². The van der Waals surface area contributed by atoms with E-state index in [0.717, 1.165) is 18.4 Å². The first-order valence-electron chi connectivity index (χ1n) is 17.0. The molecular weight excluding hydrogens is 643 g/mol. The number of nitrogens with zero attached hydrogens (tertiary/aromatic N) is 7. The minimum Gasteiger partial charge on any atom is -0.444 e. The SMILES string of the molecule is CC(C)(C)OC(=O)N1CC[C@H](CNc2cc(N(Cc3ccc(-c4ncccn4)cc3F)C(=O)OC(C)(C)C)n3ncc(C4CC4)c3n2)[C@@H](O)C1. The first-order valence-corrected chi connectivity index (χ1v) is 17.0. The van der Waals surface area contributed by atoms with Crippen molar-refractivity contribution in [3.8, 4) is 11.4 Å². The average molecular weight is 689 g/mol. The van der Waals surface area contributed by atoms with E-state index in [1.54, 1.807) is 68.1 Å². The van der Waals surface area contributed by atoms with Crippen molar-refractivity contribution in [3.05, 3.63) is 65.9 Å². The second-order valence-electron chi connectivity index (χ2n) is 15.0. The smallest absolute Gasteiger partial charge is 0.416 e. The molecule has 0 spiro atoms. The molecule has 1 saturated heterocycles. The molecule has 266 valence electrons. The Balaban J connectivity index is 1.29. The van der Waals surface area contributed by atoms with Crippen molar-refractivity contribution < 1.29 is 28.6 Å². The van der Waals surface area contributed by atoms with Crippen molar-refractivity contribution in [2.75, 3.05) is 29.9 Å². The van der Waals surface area contributed by atoms with Gasteiger partial charge in [-0.05, 0) is 78.9 Å². The van der Waals surface area contributed by atoms with Gasteiger partial charge in [0.2, 0.25) is 0 Å². The van der Waals surface area contributed by atoms with Crippen LogP contribution in [-0.2, 0) is 16.0 Å². The molecule has 1 aliphatic heterocycles. The van der Waals surface area contributed by atoms with E-state index in [9.17, 15) is 14.7 Å². The minimum absolute atomic E-state index is 0.153. The highest BCUT2D eigenvalue weighted by molar-refractivity contribution is 5.88. The van der Waals surface area contributed by atoms with Gasteiger partial charge in [-0.1, -0.05) is 12.1 Å². The van der Waals surface area contributed by atoms with Gasteiger partial charge >= 0.3 is 12.2 Å². The molecule has 1 aliphatic carbocycles. The quantitative estimate of drug-likeness (QED) is 0.220. The number of anilines is 2.